The third kappa shape index (κ3) is 6.30. The van der Waals surface area contributed by atoms with Crippen molar-refractivity contribution in [3.63, 3.8) is 0 Å². The van der Waals surface area contributed by atoms with Gasteiger partial charge in [0.2, 0.25) is 0 Å². The molecular weight excluding hydrogens is 428 g/mol. The molecule has 3 aromatic carbocycles. The lowest BCUT2D eigenvalue weighted by atomic mass is 9.99. The van der Waals surface area contributed by atoms with Crippen LogP contribution >= 0.6 is 0 Å². The van der Waals surface area contributed by atoms with E-state index < -0.39 is 11.8 Å². The maximum Gasteiger partial charge on any atom is 0.309 e. The van der Waals surface area contributed by atoms with Gasteiger partial charge in [0.05, 0.1) is 12.1 Å². The molecule has 34 heavy (non-hydrogen) atoms. The molecule has 172 valence electrons. The van der Waals surface area contributed by atoms with E-state index in [1.165, 1.54) is 6.08 Å². The van der Waals surface area contributed by atoms with Gasteiger partial charge in [0, 0.05) is 24.7 Å². The number of amides is 3. The summed E-state index contributed by atoms with van der Waals surface area (Å²) in [6.07, 6.45) is 3.37. The summed E-state index contributed by atoms with van der Waals surface area (Å²) in [5.74, 6) is -1.82. The van der Waals surface area contributed by atoms with Gasteiger partial charge in [-0.3, -0.25) is 14.4 Å². The van der Waals surface area contributed by atoms with E-state index >= 15 is 0 Å². The molecule has 0 fully saturated rings. The second-order valence-electron chi connectivity index (χ2n) is 7.68. The quantitative estimate of drug-likeness (QED) is 0.275. The molecule has 0 heterocycles. The molecular formula is C27H26N4O3. The third-order valence-electron chi connectivity index (χ3n) is 5.33. The van der Waals surface area contributed by atoms with E-state index in [0.29, 0.717) is 17.5 Å². The summed E-state index contributed by atoms with van der Waals surface area (Å²) < 4.78 is 0. The average molecular weight is 455 g/mol. The summed E-state index contributed by atoms with van der Waals surface area (Å²) in [5.41, 5.74) is 2.04. The average Bonchev–Trinajstić information content (AvgIpc) is 2.86. The first-order chi connectivity index (χ1) is 16.5. The molecule has 0 aliphatic heterocycles. The first-order valence-corrected chi connectivity index (χ1v) is 11.0. The minimum atomic E-state index is -0.788. The van der Waals surface area contributed by atoms with Gasteiger partial charge < -0.3 is 16.0 Å². The van der Waals surface area contributed by atoms with E-state index in [1.807, 2.05) is 55.5 Å². The van der Waals surface area contributed by atoms with Crippen LogP contribution in [0.25, 0.3) is 10.8 Å². The zero-order valence-corrected chi connectivity index (χ0v) is 18.9. The van der Waals surface area contributed by atoms with E-state index in [-0.39, 0.29) is 25.0 Å². The summed E-state index contributed by atoms with van der Waals surface area (Å²) in [5, 5.41) is 18.7. The van der Waals surface area contributed by atoms with Crippen molar-refractivity contribution in [3.8, 4) is 6.07 Å². The predicted octanol–water partition coefficient (Wildman–Crippen LogP) is 3.53. The standard InChI is InChI=1S/C27H26N4O3/c1-19(22-15-9-12-20-10-3-5-13-23(20)22)31-25(32)24-14-6-4-11-21(24)18-30-27(34)26(33)29-17-8-2-7-16-28/h2-7,9-15,19H,8,17-18H2,1H3,(H,29,33)(H,30,34)(H,31,32)/b7-2+/t19-/m1/s1. The van der Waals surface area contributed by atoms with E-state index in [2.05, 4.69) is 16.0 Å². The maximum atomic E-state index is 13.1. The number of carbonyl (C=O) groups excluding carboxylic acids is 3. The van der Waals surface area contributed by atoms with E-state index in [0.717, 1.165) is 16.3 Å². The van der Waals surface area contributed by atoms with Crippen molar-refractivity contribution < 1.29 is 14.4 Å². The van der Waals surface area contributed by atoms with Crippen LogP contribution in [0.3, 0.4) is 0 Å². The predicted molar refractivity (Wildman–Crippen MR) is 130 cm³/mol. The molecule has 0 saturated heterocycles. The van der Waals surface area contributed by atoms with Gasteiger partial charge in [0.25, 0.3) is 5.91 Å². The lowest BCUT2D eigenvalue weighted by molar-refractivity contribution is -0.139. The van der Waals surface area contributed by atoms with Gasteiger partial charge in [-0.05, 0) is 41.3 Å². The van der Waals surface area contributed by atoms with E-state index in [9.17, 15) is 14.4 Å². The Morgan fingerprint density at radius 3 is 2.47 bits per heavy atom. The highest BCUT2D eigenvalue weighted by molar-refractivity contribution is 6.35. The molecule has 0 aliphatic carbocycles. The van der Waals surface area contributed by atoms with Crippen LogP contribution in [0, 0.1) is 11.3 Å². The maximum absolute atomic E-state index is 13.1. The molecule has 0 aromatic heterocycles. The summed E-state index contributed by atoms with van der Waals surface area (Å²) in [4.78, 5) is 37.1. The van der Waals surface area contributed by atoms with Crippen LogP contribution in [-0.4, -0.2) is 24.3 Å². The van der Waals surface area contributed by atoms with Crippen molar-refractivity contribution in [1.29, 1.82) is 5.26 Å². The number of carbonyl (C=O) groups is 3. The third-order valence-corrected chi connectivity index (χ3v) is 5.33. The van der Waals surface area contributed by atoms with Crippen molar-refractivity contribution in [2.45, 2.75) is 25.9 Å². The highest BCUT2D eigenvalue weighted by Gasteiger charge is 2.18. The molecule has 7 heteroatoms. The molecule has 0 unspecified atom stereocenters. The smallest absolute Gasteiger partial charge is 0.309 e. The van der Waals surface area contributed by atoms with Crippen molar-refractivity contribution in [2.75, 3.05) is 6.54 Å². The van der Waals surface area contributed by atoms with Crippen LogP contribution in [0.15, 0.2) is 78.9 Å². The van der Waals surface area contributed by atoms with Gasteiger partial charge in [-0.1, -0.05) is 66.7 Å². The molecule has 7 nitrogen and oxygen atoms in total. The molecule has 3 N–H and O–H groups in total. The van der Waals surface area contributed by atoms with Crippen LogP contribution in [0.1, 0.15) is 40.9 Å². The van der Waals surface area contributed by atoms with Gasteiger partial charge >= 0.3 is 11.8 Å². The Balaban J connectivity index is 1.62. The van der Waals surface area contributed by atoms with Gasteiger partial charge in [0.15, 0.2) is 0 Å². The fourth-order valence-electron chi connectivity index (χ4n) is 3.62. The number of fused-ring (bicyclic) bond motifs is 1. The number of nitrogens with zero attached hydrogens (tertiary/aromatic N) is 1. The molecule has 3 rings (SSSR count). The number of rotatable bonds is 8. The Morgan fingerprint density at radius 2 is 1.65 bits per heavy atom. The zero-order chi connectivity index (χ0) is 24.3. The molecule has 0 radical (unpaired) electrons. The number of benzene rings is 3. The number of hydrogen-bond donors (Lipinski definition) is 3. The zero-order valence-electron chi connectivity index (χ0n) is 18.9. The molecule has 0 bridgehead atoms. The highest BCUT2D eigenvalue weighted by Crippen LogP contribution is 2.24. The van der Waals surface area contributed by atoms with E-state index in [4.69, 9.17) is 5.26 Å². The molecule has 3 amide bonds. The second-order valence-corrected chi connectivity index (χ2v) is 7.68. The number of nitrogens with one attached hydrogen (secondary N) is 3. The Hall–Kier alpha value is -4.44. The van der Waals surface area contributed by atoms with E-state index in [1.54, 1.807) is 30.3 Å². The molecule has 0 aliphatic rings. The highest BCUT2D eigenvalue weighted by atomic mass is 16.2. The van der Waals surface area contributed by atoms with Crippen LogP contribution in [0.4, 0.5) is 0 Å². The summed E-state index contributed by atoms with van der Waals surface area (Å²) in [6.45, 7) is 2.21. The summed E-state index contributed by atoms with van der Waals surface area (Å²) in [7, 11) is 0. The second kappa shape index (κ2) is 12.0. The Morgan fingerprint density at radius 1 is 0.941 bits per heavy atom. The lowest BCUT2D eigenvalue weighted by Gasteiger charge is -2.18. The monoisotopic (exact) mass is 454 g/mol. The lowest BCUT2D eigenvalue weighted by Crippen LogP contribution is -2.40. The molecule has 1 atom stereocenters. The Labute approximate surface area is 198 Å². The largest absolute Gasteiger partial charge is 0.348 e. The van der Waals surface area contributed by atoms with Crippen molar-refractivity contribution >= 4 is 28.5 Å². The van der Waals surface area contributed by atoms with Crippen LogP contribution in [-0.2, 0) is 16.1 Å². The first-order valence-electron chi connectivity index (χ1n) is 11.0. The molecule has 0 saturated carbocycles. The van der Waals surface area contributed by atoms with Gasteiger partial charge in [-0.15, -0.1) is 0 Å². The number of nitriles is 1. The fourth-order valence-corrected chi connectivity index (χ4v) is 3.62. The van der Waals surface area contributed by atoms with Gasteiger partial charge in [0.1, 0.15) is 0 Å². The van der Waals surface area contributed by atoms with Crippen LogP contribution in [0.5, 0.6) is 0 Å². The van der Waals surface area contributed by atoms with Crippen LogP contribution < -0.4 is 16.0 Å². The van der Waals surface area contributed by atoms with Gasteiger partial charge in [-0.25, -0.2) is 0 Å². The van der Waals surface area contributed by atoms with Crippen LogP contribution in [0.2, 0.25) is 0 Å². The fraction of sp³-hybridized carbons (Fsp3) is 0.185. The van der Waals surface area contributed by atoms with Crippen molar-refractivity contribution in [2.24, 2.45) is 0 Å². The minimum absolute atomic E-state index is 0.0346. The van der Waals surface area contributed by atoms with Gasteiger partial charge in [-0.2, -0.15) is 5.26 Å². The Bertz CT molecular complexity index is 1250. The normalized spacial score (nSPS) is 11.5. The molecule has 3 aromatic rings. The number of allylic oxidation sites excluding steroid dienone is 1. The molecule has 0 spiro atoms. The van der Waals surface area contributed by atoms with Crippen molar-refractivity contribution in [3.05, 3.63) is 95.6 Å². The Kier molecular flexibility index (Phi) is 8.53. The van der Waals surface area contributed by atoms with Crippen molar-refractivity contribution in [1.82, 2.24) is 16.0 Å². The summed E-state index contributed by atoms with van der Waals surface area (Å²) >= 11 is 0. The first kappa shape index (κ1) is 24.2. The summed E-state index contributed by atoms with van der Waals surface area (Å²) in [6, 6.07) is 22.6. The number of hydrogen-bond acceptors (Lipinski definition) is 4. The SMILES string of the molecule is C[C@@H](NC(=O)c1ccccc1CNC(=O)C(=O)NCC/C=C/C#N)c1cccc2ccccc12. The topological polar surface area (TPSA) is 111 Å². The minimum Gasteiger partial charge on any atom is -0.348 e.